The topological polar surface area (TPSA) is 62.1 Å². The second kappa shape index (κ2) is 6.06. The van der Waals surface area contributed by atoms with Crippen LogP contribution in [0.3, 0.4) is 0 Å². The van der Waals surface area contributed by atoms with Crippen molar-refractivity contribution in [2.45, 2.75) is 44.6 Å². The molecule has 2 fully saturated rings. The van der Waals surface area contributed by atoms with Gasteiger partial charge >= 0.3 is 6.09 Å². The Morgan fingerprint density at radius 2 is 2.08 bits per heavy atom. The lowest BCUT2D eigenvalue weighted by molar-refractivity contribution is 0.0177. The highest BCUT2D eigenvalue weighted by Crippen LogP contribution is 2.68. The lowest BCUT2D eigenvalue weighted by atomic mass is 9.81. The summed E-state index contributed by atoms with van der Waals surface area (Å²) in [4.78, 5) is 14.1. The summed E-state index contributed by atoms with van der Waals surface area (Å²) >= 11 is 12.2. The third-order valence-electron chi connectivity index (χ3n) is 5.16. The number of amides is 1. The number of hydrogen-bond acceptors (Lipinski definition) is 4. The van der Waals surface area contributed by atoms with Crippen LogP contribution in [0.4, 0.5) is 4.79 Å². The van der Waals surface area contributed by atoms with Crippen molar-refractivity contribution in [3.63, 3.8) is 0 Å². The first-order valence-corrected chi connectivity index (χ1v) is 9.00. The van der Waals surface area contributed by atoms with Gasteiger partial charge in [-0.05, 0) is 51.3 Å². The molecule has 1 amide bonds. The average Bonchev–Trinajstić information content (AvgIpc) is 3.17. The monoisotopic (exact) mass is 384 g/mol. The number of carbonyl (C=O) groups is 1. The Labute approximate surface area is 157 Å². The Bertz CT molecular complexity index is 732. The molecule has 3 rings (SSSR count). The molecule has 1 N–H and O–H groups in total. The summed E-state index contributed by atoms with van der Waals surface area (Å²) in [5.74, 6) is 0. The van der Waals surface area contributed by atoms with Crippen LogP contribution in [0.25, 0.3) is 0 Å². The Morgan fingerprint density at radius 3 is 2.68 bits per heavy atom. The largest absolute Gasteiger partial charge is 0.444 e. The first kappa shape index (κ1) is 18.3. The molecule has 2 atom stereocenters. The third-order valence-corrected chi connectivity index (χ3v) is 5.89. The van der Waals surface area contributed by atoms with Gasteiger partial charge in [-0.25, -0.2) is 4.79 Å². The Hall–Kier alpha value is -1.46. The first-order valence-electron chi connectivity index (χ1n) is 8.25. The van der Waals surface area contributed by atoms with Crippen molar-refractivity contribution in [2.24, 2.45) is 10.6 Å². The number of halogens is 2. The zero-order valence-electron chi connectivity index (χ0n) is 14.6. The lowest BCUT2D eigenvalue weighted by Gasteiger charge is -2.37. The molecule has 1 aliphatic carbocycles. The highest BCUT2D eigenvalue weighted by molar-refractivity contribution is 6.42. The Kier molecular flexibility index (Phi) is 4.44. The maximum absolute atomic E-state index is 12.4. The van der Waals surface area contributed by atoms with E-state index in [4.69, 9.17) is 33.1 Å². The highest BCUT2D eigenvalue weighted by Gasteiger charge is 2.70. The SMILES string of the molecule is CC(C)(C)OC(=O)N1CCC2(c3ccc(Cl)c(Cl)c3)CC2(/C=N/O)C1. The van der Waals surface area contributed by atoms with Gasteiger partial charge in [0.25, 0.3) is 0 Å². The number of oxime groups is 1. The molecule has 7 heteroatoms. The second-order valence-electron chi connectivity index (χ2n) is 7.94. The summed E-state index contributed by atoms with van der Waals surface area (Å²) in [6.45, 7) is 6.56. The van der Waals surface area contributed by atoms with Gasteiger partial charge < -0.3 is 14.8 Å². The van der Waals surface area contributed by atoms with E-state index in [1.807, 2.05) is 32.9 Å². The first-order chi connectivity index (χ1) is 11.6. The number of benzene rings is 1. The Morgan fingerprint density at radius 1 is 1.36 bits per heavy atom. The van der Waals surface area contributed by atoms with Crippen LogP contribution in [0.2, 0.25) is 10.0 Å². The van der Waals surface area contributed by atoms with E-state index in [0.717, 1.165) is 18.4 Å². The van der Waals surface area contributed by atoms with E-state index in [2.05, 4.69) is 5.16 Å². The summed E-state index contributed by atoms with van der Waals surface area (Å²) in [7, 11) is 0. The molecule has 1 heterocycles. The van der Waals surface area contributed by atoms with Crippen LogP contribution < -0.4 is 0 Å². The molecule has 0 spiro atoms. The van der Waals surface area contributed by atoms with Crippen molar-refractivity contribution in [2.75, 3.05) is 13.1 Å². The molecular weight excluding hydrogens is 363 g/mol. The number of fused-ring (bicyclic) bond motifs is 1. The van der Waals surface area contributed by atoms with E-state index in [-0.39, 0.29) is 11.5 Å². The summed E-state index contributed by atoms with van der Waals surface area (Å²) in [6.07, 6.45) is 2.75. The fraction of sp³-hybridized carbons (Fsp3) is 0.556. The second-order valence-corrected chi connectivity index (χ2v) is 8.75. The molecule has 25 heavy (non-hydrogen) atoms. The minimum atomic E-state index is -0.545. The van der Waals surface area contributed by atoms with Gasteiger partial charge in [0.05, 0.1) is 16.3 Å². The molecule has 0 radical (unpaired) electrons. The molecule has 1 saturated carbocycles. The maximum atomic E-state index is 12.4. The quantitative estimate of drug-likeness (QED) is 0.455. The minimum Gasteiger partial charge on any atom is -0.444 e. The molecule has 1 saturated heterocycles. The van der Waals surface area contributed by atoms with E-state index < -0.39 is 11.0 Å². The number of carbonyl (C=O) groups excluding carboxylic acids is 1. The van der Waals surface area contributed by atoms with Crippen LogP contribution in [-0.4, -0.2) is 41.1 Å². The van der Waals surface area contributed by atoms with E-state index in [0.29, 0.717) is 23.1 Å². The van der Waals surface area contributed by atoms with Crippen LogP contribution in [0.15, 0.2) is 23.4 Å². The van der Waals surface area contributed by atoms with Crippen LogP contribution in [0, 0.1) is 5.41 Å². The van der Waals surface area contributed by atoms with E-state index >= 15 is 0 Å². The molecule has 2 aliphatic rings. The Balaban J connectivity index is 1.86. The summed E-state index contributed by atoms with van der Waals surface area (Å²) in [5.41, 5.74) is -0.0809. The van der Waals surface area contributed by atoms with Crippen molar-refractivity contribution in [3.8, 4) is 0 Å². The summed E-state index contributed by atoms with van der Waals surface area (Å²) in [5, 5.41) is 13.5. The molecular formula is C18H22Cl2N2O3. The fourth-order valence-electron chi connectivity index (χ4n) is 3.91. The normalized spacial score (nSPS) is 28.8. The zero-order chi connectivity index (χ0) is 18.5. The van der Waals surface area contributed by atoms with Crippen molar-refractivity contribution in [3.05, 3.63) is 33.8 Å². The molecule has 0 bridgehead atoms. The van der Waals surface area contributed by atoms with Gasteiger partial charge in [-0.3, -0.25) is 0 Å². The molecule has 5 nitrogen and oxygen atoms in total. The number of ether oxygens (including phenoxy) is 1. The third kappa shape index (κ3) is 3.20. The van der Waals surface area contributed by atoms with Crippen LogP contribution in [0.1, 0.15) is 39.2 Å². The predicted octanol–water partition coefficient (Wildman–Crippen LogP) is 4.72. The zero-order valence-corrected chi connectivity index (χ0v) is 16.1. The van der Waals surface area contributed by atoms with Gasteiger partial charge in [0.1, 0.15) is 5.60 Å². The van der Waals surface area contributed by atoms with Crippen LogP contribution >= 0.6 is 23.2 Å². The van der Waals surface area contributed by atoms with E-state index in [9.17, 15) is 4.79 Å². The van der Waals surface area contributed by atoms with Crippen molar-refractivity contribution >= 4 is 35.5 Å². The van der Waals surface area contributed by atoms with Gasteiger partial charge in [0.15, 0.2) is 0 Å². The van der Waals surface area contributed by atoms with Gasteiger partial charge in [-0.2, -0.15) is 0 Å². The van der Waals surface area contributed by atoms with Gasteiger partial charge in [0.2, 0.25) is 0 Å². The minimum absolute atomic E-state index is 0.189. The standard InChI is InChI=1S/C18H22Cl2N2O3/c1-16(2,3)25-15(23)22-7-6-18(9-17(18,11-22)10-21-24)12-4-5-13(19)14(20)8-12/h4-5,8,10,24H,6-7,9,11H2,1-3H3/b21-10+. The van der Waals surface area contributed by atoms with Gasteiger partial charge in [-0.15, -0.1) is 5.16 Å². The number of nitrogens with zero attached hydrogens (tertiary/aromatic N) is 2. The molecule has 0 aromatic heterocycles. The lowest BCUT2D eigenvalue weighted by Crippen LogP contribution is -2.47. The number of piperidine rings is 1. The molecule has 136 valence electrons. The van der Waals surface area contributed by atoms with Crippen LogP contribution in [-0.2, 0) is 10.2 Å². The van der Waals surface area contributed by atoms with Crippen molar-refractivity contribution in [1.82, 2.24) is 4.90 Å². The average molecular weight is 385 g/mol. The summed E-state index contributed by atoms with van der Waals surface area (Å²) < 4.78 is 5.48. The smallest absolute Gasteiger partial charge is 0.410 e. The highest BCUT2D eigenvalue weighted by atomic mass is 35.5. The number of likely N-dealkylation sites (tertiary alicyclic amines) is 1. The molecule has 1 aliphatic heterocycles. The predicted molar refractivity (Wildman–Crippen MR) is 97.9 cm³/mol. The molecule has 1 aromatic carbocycles. The van der Waals surface area contributed by atoms with E-state index in [1.165, 1.54) is 0 Å². The molecule has 2 unspecified atom stereocenters. The number of rotatable bonds is 2. The van der Waals surface area contributed by atoms with Gasteiger partial charge in [0, 0.05) is 23.9 Å². The van der Waals surface area contributed by atoms with Crippen LogP contribution in [0.5, 0.6) is 0 Å². The van der Waals surface area contributed by atoms with Gasteiger partial charge in [-0.1, -0.05) is 29.3 Å². The van der Waals surface area contributed by atoms with E-state index in [1.54, 1.807) is 17.2 Å². The molecule has 1 aromatic rings. The van der Waals surface area contributed by atoms with Crippen molar-refractivity contribution < 1.29 is 14.7 Å². The summed E-state index contributed by atoms with van der Waals surface area (Å²) in [6, 6.07) is 5.62. The number of hydrogen-bond donors (Lipinski definition) is 1. The fourth-order valence-corrected chi connectivity index (χ4v) is 4.21. The maximum Gasteiger partial charge on any atom is 0.410 e. The van der Waals surface area contributed by atoms with Crippen molar-refractivity contribution in [1.29, 1.82) is 0 Å².